The molecule has 1 aliphatic rings. The molecule has 1 aliphatic carbocycles. The maximum absolute atomic E-state index is 5.36. The molecule has 12 aromatic rings. The van der Waals surface area contributed by atoms with Gasteiger partial charge in [0.05, 0.1) is 27.8 Å². The second-order valence-corrected chi connectivity index (χ2v) is 15.9. The summed E-state index contributed by atoms with van der Waals surface area (Å²) >= 11 is 0. The van der Waals surface area contributed by atoms with Crippen molar-refractivity contribution in [3.05, 3.63) is 175 Å². The maximum Gasteiger partial charge on any atom is 0.140 e. The summed E-state index contributed by atoms with van der Waals surface area (Å²) in [4.78, 5) is 5.36. The summed E-state index contributed by atoms with van der Waals surface area (Å²) in [6, 6.07) is 58.4. The fourth-order valence-electron chi connectivity index (χ4n) is 10.5. The van der Waals surface area contributed by atoms with Gasteiger partial charge in [0.25, 0.3) is 0 Å². The fraction of sp³-hybridized carbons (Fsp3) is 0.0577. The van der Waals surface area contributed by atoms with Gasteiger partial charge in [0.15, 0.2) is 0 Å². The van der Waals surface area contributed by atoms with Crippen molar-refractivity contribution in [1.29, 1.82) is 0 Å². The number of aromatic nitrogens is 3. The maximum atomic E-state index is 5.36. The highest BCUT2D eigenvalue weighted by molar-refractivity contribution is 6.27. The van der Waals surface area contributed by atoms with E-state index in [9.17, 15) is 0 Å². The Morgan fingerprint density at radius 2 is 1.05 bits per heavy atom. The molecular weight excluding hydrogens is 667 g/mol. The van der Waals surface area contributed by atoms with Crippen LogP contribution in [0.4, 0.5) is 0 Å². The summed E-state index contributed by atoms with van der Waals surface area (Å²) in [6.45, 7) is 4.79. The number of fused-ring (bicyclic) bond motifs is 20. The van der Waals surface area contributed by atoms with Gasteiger partial charge in [-0.2, -0.15) is 0 Å². The van der Waals surface area contributed by atoms with E-state index in [2.05, 4.69) is 187 Å². The third-order valence-electron chi connectivity index (χ3n) is 12.8. The lowest BCUT2D eigenvalue weighted by molar-refractivity contribution is 0.666. The molecule has 3 aromatic heterocycles. The summed E-state index contributed by atoms with van der Waals surface area (Å²) < 4.78 is 4.81. The molecule has 3 nitrogen and oxygen atoms in total. The number of hydrogen-bond donors (Lipinski definition) is 0. The van der Waals surface area contributed by atoms with E-state index in [1.54, 1.807) is 0 Å². The van der Waals surface area contributed by atoms with Gasteiger partial charge in [0, 0.05) is 33.8 Å². The minimum absolute atomic E-state index is 0.143. The summed E-state index contributed by atoms with van der Waals surface area (Å²) in [5, 5.41) is 15.2. The van der Waals surface area contributed by atoms with Crippen LogP contribution >= 0.6 is 0 Å². The summed E-state index contributed by atoms with van der Waals surface area (Å²) in [5.74, 6) is 0. The molecule has 3 heteroatoms. The standard InChI is InChI=1S/C52H33N3/c1-52(2)42-23-11-9-21-37(42)50-36-20-8-7-19-35(36)49-38(51(50)52)22-13-25-45(49)55-44-24-12-10-18-34(44)41-29-54-47-27-40-33-17-6-4-15-31(33)30-14-3-5-16-32(30)39(40)26-43(47)53-48(54)28-46(41)55/h3-29H,1-2H3. The Hall–Kier alpha value is -6.97. The Morgan fingerprint density at radius 3 is 1.82 bits per heavy atom. The second kappa shape index (κ2) is 10.2. The molecule has 256 valence electrons. The molecule has 0 saturated heterocycles. The number of nitrogens with zero attached hydrogens (tertiary/aromatic N) is 3. The van der Waals surface area contributed by atoms with E-state index in [1.807, 2.05) is 0 Å². The van der Waals surface area contributed by atoms with Crippen molar-refractivity contribution < 1.29 is 0 Å². The minimum atomic E-state index is -0.143. The first-order valence-electron chi connectivity index (χ1n) is 19.2. The highest BCUT2D eigenvalue weighted by Crippen LogP contribution is 2.55. The number of para-hydroxylation sites is 1. The Morgan fingerprint density at radius 1 is 0.455 bits per heavy atom. The van der Waals surface area contributed by atoms with Crippen LogP contribution in [-0.4, -0.2) is 14.0 Å². The quantitative estimate of drug-likeness (QED) is 0.156. The summed E-state index contributed by atoms with van der Waals surface area (Å²) in [6.07, 6.45) is 2.33. The zero-order chi connectivity index (χ0) is 36.2. The van der Waals surface area contributed by atoms with E-state index in [1.165, 1.54) is 98.1 Å². The largest absolute Gasteiger partial charge is 0.308 e. The van der Waals surface area contributed by atoms with E-state index < -0.39 is 0 Å². The topological polar surface area (TPSA) is 22.2 Å². The fourth-order valence-corrected chi connectivity index (χ4v) is 10.5. The van der Waals surface area contributed by atoms with Crippen LogP contribution in [-0.2, 0) is 5.41 Å². The molecule has 0 atom stereocenters. The zero-order valence-corrected chi connectivity index (χ0v) is 30.4. The van der Waals surface area contributed by atoms with Gasteiger partial charge in [-0.3, -0.25) is 4.40 Å². The molecule has 9 aromatic carbocycles. The predicted molar refractivity (Wildman–Crippen MR) is 232 cm³/mol. The van der Waals surface area contributed by atoms with E-state index in [4.69, 9.17) is 4.98 Å². The van der Waals surface area contributed by atoms with E-state index >= 15 is 0 Å². The van der Waals surface area contributed by atoms with E-state index in [-0.39, 0.29) is 5.41 Å². The van der Waals surface area contributed by atoms with Gasteiger partial charge >= 0.3 is 0 Å². The third kappa shape index (κ3) is 3.63. The second-order valence-electron chi connectivity index (χ2n) is 15.9. The van der Waals surface area contributed by atoms with Crippen molar-refractivity contribution in [2.45, 2.75) is 19.3 Å². The highest BCUT2D eigenvalue weighted by atomic mass is 15.0. The SMILES string of the molecule is CC1(C)c2ccccc2-c2c1c1cccc(-n3c4ccccc4c4cn5c(cc43)nc3cc4c6ccccc6c6ccccc6c4cc35)c1c1ccccc21. The van der Waals surface area contributed by atoms with Crippen molar-refractivity contribution in [1.82, 2.24) is 14.0 Å². The summed E-state index contributed by atoms with van der Waals surface area (Å²) in [7, 11) is 0. The molecule has 0 amide bonds. The Bertz CT molecular complexity index is 3690. The van der Waals surface area contributed by atoms with E-state index in [0.29, 0.717) is 0 Å². The highest BCUT2D eigenvalue weighted by Gasteiger charge is 2.38. The molecule has 13 rings (SSSR count). The van der Waals surface area contributed by atoms with Crippen molar-refractivity contribution in [3.63, 3.8) is 0 Å². The van der Waals surface area contributed by atoms with Crippen molar-refractivity contribution in [2.75, 3.05) is 0 Å². The van der Waals surface area contributed by atoms with Gasteiger partial charge in [0.2, 0.25) is 0 Å². The average Bonchev–Trinajstić information content (AvgIpc) is 3.83. The first kappa shape index (κ1) is 29.5. The van der Waals surface area contributed by atoms with Crippen LogP contribution in [0.25, 0.3) is 109 Å². The molecule has 0 aliphatic heterocycles. The van der Waals surface area contributed by atoms with Crippen LogP contribution in [0.5, 0.6) is 0 Å². The third-order valence-corrected chi connectivity index (χ3v) is 12.8. The van der Waals surface area contributed by atoms with Crippen LogP contribution in [0.15, 0.2) is 164 Å². The summed E-state index contributed by atoms with van der Waals surface area (Å²) in [5.41, 5.74) is 12.0. The molecule has 0 fully saturated rings. The van der Waals surface area contributed by atoms with Crippen LogP contribution in [0.2, 0.25) is 0 Å². The average molecular weight is 700 g/mol. The first-order chi connectivity index (χ1) is 27.1. The zero-order valence-electron chi connectivity index (χ0n) is 30.4. The smallest absolute Gasteiger partial charge is 0.140 e. The lowest BCUT2D eigenvalue weighted by Crippen LogP contribution is -2.15. The number of rotatable bonds is 1. The van der Waals surface area contributed by atoms with Crippen LogP contribution in [0, 0.1) is 0 Å². The molecular formula is C52H33N3. The van der Waals surface area contributed by atoms with Gasteiger partial charge in [-0.1, -0.05) is 141 Å². The molecule has 0 radical (unpaired) electrons. The Kier molecular flexibility index (Phi) is 5.45. The van der Waals surface area contributed by atoms with Crippen molar-refractivity contribution in [3.8, 4) is 16.8 Å². The molecule has 0 spiro atoms. The van der Waals surface area contributed by atoms with Gasteiger partial charge in [-0.15, -0.1) is 0 Å². The molecule has 0 unspecified atom stereocenters. The van der Waals surface area contributed by atoms with Gasteiger partial charge in [-0.25, -0.2) is 4.98 Å². The Balaban J connectivity index is 1.16. The van der Waals surface area contributed by atoms with Crippen molar-refractivity contribution in [2.24, 2.45) is 0 Å². The van der Waals surface area contributed by atoms with Crippen molar-refractivity contribution >= 4 is 92.3 Å². The molecule has 0 saturated carbocycles. The van der Waals surface area contributed by atoms with Crippen LogP contribution in [0.1, 0.15) is 25.0 Å². The molecule has 3 heterocycles. The Labute approximate surface area is 316 Å². The lowest BCUT2D eigenvalue weighted by Gasteiger charge is -2.25. The molecule has 0 N–H and O–H groups in total. The number of hydrogen-bond acceptors (Lipinski definition) is 1. The van der Waals surface area contributed by atoms with Gasteiger partial charge in [0.1, 0.15) is 5.65 Å². The number of pyridine rings is 1. The first-order valence-corrected chi connectivity index (χ1v) is 19.2. The minimum Gasteiger partial charge on any atom is -0.308 e. The number of imidazole rings is 1. The monoisotopic (exact) mass is 699 g/mol. The lowest BCUT2D eigenvalue weighted by atomic mass is 9.79. The van der Waals surface area contributed by atoms with Crippen LogP contribution in [0.3, 0.4) is 0 Å². The molecule has 0 bridgehead atoms. The van der Waals surface area contributed by atoms with Gasteiger partial charge < -0.3 is 4.57 Å². The normalized spacial score (nSPS) is 13.8. The van der Waals surface area contributed by atoms with E-state index in [0.717, 1.165) is 22.2 Å². The molecule has 55 heavy (non-hydrogen) atoms. The van der Waals surface area contributed by atoms with Crippen LogP contribution < -0.4 is 0 Å². The van der Waals surface area contributed by atoms with Gasteiger partial charge in [-0.05, 0) is 95.0 Å². The predicted octanol–water partition coefficient (Wildman–Crippen LogP) is 13.7. The number of benzene rings is 9.